The fourth-order valence-corrected chi connectivity index (χ4v) is 2.86. The summed E-state index contributed by atoms with van der Waals surface area (Å²) in [6.45, 7) is 3.70. The van der Waals surface area contributed by atoms with Crippen molar-refractivity contribution in [2.24, 2.45) is 0 Å². The maximum atomic E-state index is 12.0. The Bertz CT molecular complexity index is 537. The lowest BCUT2D eigenvalue weighted by Gasteiger charge is -2.39. The third-order valence-electron chi connectivity index (χ3n) is 4.31. The first kappa shape index (κ1) is 16.6. The molecule has 1 aliphatic heterocycles. The number of benzene rings is 1. The maximum absolute atomic E-state index is 12.0. The van der Waals surface area contributed by atoms with E-state index < -0.39 is 5.97 Å². The van der Waals surface area contributed by atoms with Gasteiger partial charge in [0.1, 0.15) is 0 Å². The minimum absolute atomic E-state index is 0.0441. The summed E-state index contributed by atoms with van der Waals surface area (Å²) in [5.41, 5.74) is 1.28. The molecule has 1 aromatic carbocycles. The minimum atomic E-state index is -0.908. The van der Waals surface area contributed by atoms with E-state index in [1.54, 1.807) is 4.90 Å². The zero-order chi connectivity index (χ0) is 16.2. The van der Waals surface area contributed by atoms with E-state index in [-0.39, 0.29) is 24.4 Å². The van der Waals surface area contributed by atoms with E-state index in [1.807, 2.05) is 24.3 Å². The number of carboxylic acid groups (broad SMARTS) is 1. The van der Waals surface area contributed by atoms with Crippen molar-refractivity contribution >= 4 is 23.6 Å². The summed E-state index contributed by atoms with van der Waals surface area (Å²) < 4.78 is 0. The third kappa shape index (κ3) is 4.13. The number of carbonyl (C=O) groups excluding carboxylic acids is 1. The second-order valence-electron chi connectivity index (χ2n) is 5.93. The van der Waals surface area contributed by atoms with E-state index >= 15 is 0 Å². The molecular formula is C16H21ClN2O3. The van der Waals surface area contributed by atoms with Gasteiger partial charge in [-0.05, 0) is 36.0 Å². The molecule has 0 atom stereocenters. The van der Waals surface area contributed by atoms with Crippen molar-refractivity contribution in [3.05, 3.63) is 34.9 Å². The topological polar surface area (TPSA) is 69.6 Å². The first-order valence-corrected chi connectivity index (χ1v) is 7.79. The molecule has 0 spiro atoms. The van der Waals surface area contributed by atoms with Crippen LogP contribution in [0.5, 0.6) is 0 Å². The van der Waals surface area contributed by atoms with Crippen LogP contribution in [0, 0.1) is 0 Å². The second kappa shape index (κ2) is 7.01. The largest absolute Gasteiger partial charge is 0.481 e. The highest BCUT2D eigenvalue weighted by molar-refractivity contribution is 6.30. The molecule has 1 aliphatic rings. The summed E-state index contributed by atoms with van der Waals surface area (Å²) >= 11 is 5.93. The Morgan fingerprint density at radius 3 is 2.41 bits per heavy atom. The zero-order valence-electron chi connectivity index (χ0n) is 12.6. The molecule has 2 rings (SSSR count). The Morgan fingerprint density at radius 2 is 1.86 bits per heavy atom. The molecule has 0 saturated carbocycles. The molecule has 0 aromatic heterocycles. The summed E-state index contributed by atoms with van der Waals surface area (Å²) in [6, 6.07) is 7.70. The van der Waals surface area contributed by atoms with Crippen LogP contribution in [0.3, 0.4) is 0 Å². The van der Waals surface area contributed by atoms with E-state index in [1.165, 1.54) is 5.56 Å². The minimum Gasteiger partial charge on any atom is -0.481 e. The summed E-state index contributed by atoms with van der Waals surface area (Å²) in [5, 5.41) is 11.9. The number of hydrogen-bond acceptors (Lipinski definition) is 2. The van der Waals surface area contributed by atoms with Crippen molar-refractivity contribution in [2.75, 3.05) is 19.6 Å². The van der Waals surface area contributed by atoms with E-state index in [0.717, 1.165) is 17.9 Å². The Morgan fingerprint density at radius 1 is 1.27 bits per heavy atom. The molecule has 0 radical (unpaired) electrons. The van der Waals surface area contributed by atoms with Gasteiger partial charge in [0.15, 0.2) is 0 Å². The van der Waals surface area contributed by atoms with Gasteiger partial charge in [0, 0.05) is 24.7 Å². The van der Waals surface area contributed by atoms with Crippen molar-refractivity contribution in [3.8, 4) is 0 Å². The summed E-state index contributed by atoms with van der Waals surface area (Å²) in [5.74, 6) is -0.908. The van der Waals surface area contributed by atoms with Gasteiger partial charge in [0.05, 0.1) is 6.42 Å². The van der Waals surface area contributed by atoms with Gasteiger partial charge in [-0.25, -0.2) is 4.79 Å². The highest BCUT2D eigenvalue weighted by Crippen LogP contribution is 2.35. The number of halogens is 1. The van der Waals surface area contributed by atoms with Crippen LogP contribution in [-0.4, -0.2) is 41.6 Å². The van der Waals surface area contributed by atoms with Gasteiger partial charge in [-0.1, -0.05) is 30.7 Å². The lowest BCUT2D eigenvalue weighted by Crippen LogP contribution is -2.48. The van der Waals surface area contributed by atoms with E-state index in [9.17, 15) is 9.59 Å². The van der Waals surface area contributed by atoms with Crippen molar-refractivity contribution in [2.45, 2.75) is 31.6 Å². The summed E-state index contributed by atoms with van der Waals surface area (Å²) in [6.07, 6.45) is 1.70. The van der Waals surface area contributed by atoms with Crippen LogP contribution in [0.4, 0.5) is 4.79 Å². The Hall–Kier alpha value is -1.75. The van der Waals surface area contributed by atoms with E-state index in [0.29, 0.717) is 13.1 Å². The first-order chi connectivity index (χ1) is 10.4. The molecule has 5 nitrogen and oxygen atoms in total. The lowest BCUT2D eigenvalue weighted by atomic mass is 9.74. The fourth-order valence-electron chi connectivity index (χ4n) is 2.73. The average Bonchev–Trinajstić information content (AvgIpc) is 2.48. The van der Waals surface area contributed by atoms with Crippen LogP contribution < -0.4 is 5.32 Å². The average molecular weight is 325 g/mol. The number of carbonyl (C=O) groups is 2. The van der Waals surface area contributed by atoms with Gasteiger partial charge in [0.2, 0.25) is 0 Å². The molecule has 6 heteroatoms. The molecule has 2 amide bonds. The Labute approximate surface area is 135 Å². The molecule has 1 saturated heterocycles. The maximum Gasteiger partial charge on any atom is 0.317 e. The molecule has 0 aliphatic carbocycles. The zero-order valence-corrected chi connectivity index (χ0v) is 13.4. The highest BCUT2D eigenvalue weighted by atomic mass is 35.5. The molecular weight excluding hydrogens is 304 g/mol. The number of amides is 2. The molecule has 0 unspecified atom stereocenters. The summed E-state index contributed by atoms with van der Waals surface area (Å²) in [7, 11) is 0. The quantitative estimate of drug-likeness (QED) is 0.894. The number of carboxylic acids is 1. The van der Waals surface area contributed by atoms with Crippen LogP contribution in [0.2, 0.25) is 5.02 Å². The van der Waals surface area contributed by atoms with Gasteiger partial charge in [-0.2, -0.15) is 0 Å². The molecule has 120 valence electrons. The monoisotopic (exact) mass is 324 g/mol. The smallest absolute Gasteiger partial charge is 0.317 e. The number of likely N-dealkylation sites (tertiary alicyclic amines) is 1. The summed E-state index contributed by atoms with van der Waals surface area (Å²) in [4.78, 5) is 24.2. The molecule has 0 bridgehead atoms. The van der Waals surface area contributed by atoms with Gasteiger partial charge < -0.3 is 15.3 Å². The highest BCUT2D eigenvalue weighted by Gasteiger charge is 2.33. The fraction of sp³-hybridized carbons (Fsp3) is 0.500. The Balaban J connectivity index is 1.88. The molecule has 2 N–H and O–H groups in total. The van der Waals surface area contributed by atoms with Crippen molar-refractivity contribution < 1.29 is 14.7 Å². The molecule has 1 heterocycles. The second-order valence-corrected chi connectivity index (χ2v) is 6.37. The van der Waals surface area contributed by atoms with E-state index in [4.69, 9.17) is 16.7 Å². The van der Waals surface area contributed by atoms with Crippen molar-refractivity contribution in [3.63, 3.8) is 0 Å². The third-order valence-corrected chi connectivity index (χ3v) is 4.56. The number of piperidine rings is 1. The van der Waals surface area contributed by atoms with Crippen molar-refractivity contribution in [1.82, 2.24) is 10.2 Å². The van der Waals surface area contributed by atoms with Crippen molar-refractivity contribution in [1.29, 1.82) is 0 Å². The van der Waals surface area contributed by atoms with Crippen LogP contribution in [0.25, 0.3) is 0 Å². The number of nitrogens with one attached hydrogen (secondary N) is 1. The number of aliphatic carboxylic acids is 1. The van der Waals surface area contributed by atoms with E-state index in [2.05, 4.69) is 12.2 Å². The molecule has 1 aromatic rings. The number of rotatable bonds is 4. The van der Waals surface area contributed by atoms with Gasteiger partial charge >= 0.3 is 12.0 Å². The molecule has 1 fully saturated rings. The number of hydrogen-bond donors (Lipinski definition) is 2. The first-order valence-electron chi connectivity index (χ1n) is 7.41. The SMILES string of the molecule is CC1(c2ccc(Cl)cc2)CCN(C(=O)NCCC(=O)O)CC1. The Kier molecular flexibility index (Phi) is 5.29. The van der Waals surface area contributed by atoms with Gasteiger partial charge in [0.25, 0.3) is 0 Å². The van der Waals surface area contributed by atoms with Crippen LogP contribution in [0.1, 0.15) is 31.7 Å². The lowest BCUT2D eigenvalue weighted by molar-refractivity contribution is -0.136. The predicted octanol–water partition coefficient (Wildman–Crippen LogP) is 2.88. The number of urea groups is 1. The van der Waals surface area contributed by atoms with Gasteiger partial charge in [-0.3, -0.25) is 4.79 Å². The van der Waals surface area contributed by atoms with Crippen LogP contribution in [0.15, 0.2) is 24.3 Å². The normalized spacial score (nSPS) is 17.1. The molecule has 22 heavy (non-hydrogen) atoms. The van der Waals surface area contributed by atoms with Crippen LogP contribution in [-0.2, 0) is 10.2 Å². The van der Waals surface area contributed by atoms with Gasteiger partial charge in [-0.15, -0.1) is 0 Å². The standard InChI is InChI=1S/C16H21ClN2O3/c1-16(12-2-4-13(17)5-3-12)7-10-19(11-8-16)15(22)18-9-6-14(20)21/h2-5H,6-11H2,1H3,(H,18,22)(H,20,21). The predicted molar refractivity (Wildman–Crippen MR) is 85.3 cm³/mol. The van der Waals surface area contributed by atoms with Crippen LogP contribution >= 0.6 is 11.6 Å². The number of nitrogens with zero attached hydrogens (tertiary/aromatic N) is 1.